The Hall–Kier alpha value is -1.03. The predicted octanol–water partition coefficient (Wildman–Crippen LogP) is 1.43. The summed E-state index contributed by atoms with van der Waals surface area (Å²) in [6, 6.07) is -0.129. The Morgan fingerprint density at radius 1 is 1.53 bits per heavy atom. The Bertz CT molecular complexity index is 223. The first-order chi connectivity index (χ1) is 7.18. The molecule has 1 atom stereocenters. The highest BCUT2D eigenvalue weighted by molar-refractivity contribution is 5.73. The number of rotatable bonds is 5. The molecule has 0 aliphatic carbocycles. The number of carbonyl (C=O) groups is 1. The van der Waals surface area contributed by atoms with Gasteiger partial charge in [0.2, 0.25) is 0 Å². The van der Waals surface area contributed by atoms with Gasteiger partial charge in [0.1, 0.15) is 0 Å². The number of carbonyl (C=O) groups excluding carboxylic acids is 1. The Morgan fingerprint density at radius 2 is 2.33 bits per heavy atom. The van der Waals surface area contributed by atoms with Gasteiger partial charge in [-0.1, -0.05) is 12.2 Å². The average Bonchev–Trinajstić information content (AvgIpc) is 2.67. The van der Waals surface area contributed by atoms with Crippen molar-refractivity contribution < 1.29 is 9.53 Å². The lowest BCUT2D eigenvalue weighted by Crippen LogP contribution is -2.37. The fourth-order valence-electron chi connectivity index (χ4n) is 1.51. The molecule has 1 aliphatic heterocycles. The van der Waals surface area contributed by atoms with Gasteiger partial charge in [0.25, 0.3) is 0 Å². The van der Waals surface area contributed by atoms with Crippen molar-refractivity contribution in [1.82, 2.24) is 10.6 Å². The third-order valence-electron chi connectivity index (χ3n) is 2.33. The van der Waals surface area contributed by atoms with Gasteiger partial charge in [0.05, 0.1) is 6.10 Å². The largest absolute Gasteiger partial charge is 0.378 e. The molecule has 0 saturated carbocycles. The zero-order valence-corrected chi connectivity index (χ0v) is 9.34. The van der Waals surface area contributed by atoms with E-state index in [-0.39, 0.29) is 6.03 Å². The molecule has 4 heteroatoms. The van der Waals surface area contributed by atoms with Crippen molar-refractivity contribution >= 4 is 6.03 Å². The van der Waals surface area contributed by atoms with Gasteiger partial charge in [-0.25, -0.2) is 4.79 Å². The first kappa shape index (κ1) is 12.0. The fourth-order valence-corrected chi connectivity index (χ4v) is 1.51. The van der Waals surface area contributed by atoms with Crippen LogP contribution in [0.3, 0.4) is 0 Å². The Kier molecular flexibility index (Phi) is 5.18. The minimum Gasteiger partial charge on any atom is -0.378 e. The molecule has 15 heavy (non-hydrogen) atoms. The maximum absolute atomic E-state index is 11.2. The number of nitrogens with one attached hydrogen (secondary N) is 2. The van der Waals surface area contributed by atoms with E-state index in [0.717, 1.165) is 31.4 Å². The summed E-state index contributed by atoms with van der Waals surface area (Å²) >= 11 is 0. The molecule has 1 saturated heterocycles. The monoisotopic (exact) mass is 212 g/mol. The van der Waals surface area contributed by atoms with Gasteiger partial charge in [-0.2, -0.15) is 0 Å². The van der Waals surface area contributed by atoms with E-state index < -0.39 is 0 Å². The van der Waals surface area contributed by atoms with E-state index in [9.17, 15) is 4.79 Å². The third kappa shape index (κ3) is 5.42. The highest BCUT2D eigenvalue weighted by atomic mass is 16.5. The molecule has 1 rings (SSSR count). The minimum atomic E-state index is -0.129. The molecule has 1 heterocycles. The lowest BCUT2D eigenvalue weighted by Gasteiger charge is -2.10. The van der Waals surface area contributed by atoms with Crippen LogP contribution in [0.4, 0.5) is 4.79 Å². The van der Waals surface area contributed by atoms with Crippen molar-refractivity contribution in [2.45, 2.75) is 32.3 Å². The molecule has 0 bridgehead atoms. The van der Waals surface area contributed by atoms with Gasteiger partial charge in [-0.15, -0.1) is 0 Å². The van der Waals surface area contributed by atoms with Crippen LogP contribution >= 0.6 is 0 Å². The zero-order chi connectivity index (χ0) is 11.1. The number of urea groups is 1. The highest BCUT2D eigenvalue weighted by Crippen LogP contribution is 2.14. The molecule has 0 aromatic rings. The van der Waals surface area contributed by atoms with Crippen molar-refractivity contribution in [2.75, 3.05) is 19.7 Å². The second-order valence-corrected chi connectivity index (χ2v) is 3.99. The van der Waals surface area contributed by atoms with Crippen molar-refractivity contribution in [1.29, 1.82) is 0 Å². The van der Waals surface area contributed by atoms with Crippen LogP contribution in [-0.4, -0.2) is 31.8 Å². The van der Waals surface area contributed by atoms with Crippen LogP contribution in [0.25, 0.3) is 0 Å². The molecule has 0 radical (unpaired) electrons. The number of hydrogen-bond donors (Lipinski definition) is 2. The van der Waals surface area contributed by atoms with Crippen LogP contribution in [0, 0.1) is 0 Å². The molecular formula is C11H20N2O2. The maximum Gasteiger partial charge on any atom is 0.315 e. The van der Waals surface area contributed by atoms with Gasteiger partial charge in [0, 0.05) is 19.7 Å². The van der Waals surface area contributed by atoms with Crippen LogP contribution in [-0.2, 0) is 4.74 Å². The second kappa shape index (κ2) is 6.45. The summed E-state index contributed by atoms with van der Waals surface area (Å²) in [5, 5.41) is 5.51. The summed E-state index contributed by atoms with van der Waals surface area (Å²) < 4.78 is 5.45. The summed E-state index contributed by atoms with van der Waals surface area (Å²) in [7, 11) is 0. The molecule has 86 valence electrons. The Labute approximate surface area is 91.1 Å². The van der Waals surface area contributed by atoms with Crippen LogP contribution in [0.5, 0.6) is 0 Å². The fraction of sp³-hybridized carbons (Fsp3) is 0.727. The summed E-state index contributed by atoms with van der Waals surface area (Å²) in [6.07, 6.45) is 3.51. The maximum atomic E-state index is 11.2. The van der Waals surface area contributed by atoms with Crippen LogP contribution < -0.4 is 10.6 Å². The number of amides is 2. The summed E-state index contributed by atoms with van der Waals surface area (Å²) in [5.74, 6) is 0. The first-order valence-electron chi connectivity index (χ1n) is 5.46. The topological polar surface area (TPSA) is 50.4 Å². The molecule has 1 aliphatic rings. The summed E-state index contributed by atoms with van der Waals surface area (Å²) in [6.45, 7) is 7.66. The van der Waals surface area contributed by atoms with Crippen molar-refractivity contribution in [3.05, 3.63) is 12.2 Å². The molecule has 0 aromatic carbocycles. The van der Waals surface area contributed by atoms with E-state index in [4.69, 9.17) is 4.74 Å². The normalized spacial score (nSPS) is 19.9. The van der Waals surface area contributed by atoms with Gasteiger partial charge in [-0.3, -0.25) is 0 Å². The van der Waals surface area contributed by atoms with Gasteiger partial charge in [-0.05, 0) is 26.2 Å². The summed E-state index contributed by atoms with van der Waals surface area (Å²) in [5.41, 5.74) is 0.948. The first-order valence-corrected chi connectivity index (χ1v) is 5.46. The van der Waals surface area contributed by atoms with Crippen LogP contribution in [0.2, 0.25) is 0 Å². The standard InChI is InChI=1S/C11H20N2O2/c1-9(2)8-13-11(14)12-6-5-10-4-3-7-15-10/h10H,1,3-8H2,2H3,(H2,12,13,14). The highest BCUT2D eigenvalue weighted by Gasteiger charge is 2.14. The smallest absolute Gasteiger partial charge is 0.315 e. The zero-order valence-electron chi connectivity index (χ0n) is 9.34. The van der Waals surface area contributed by atoms with Gasteiger partial charge < -0.3 is 15.4 Å². The van der Waals surface area contributed by atoms with Gasteiger partial charge in [0.15, 0.2) is 0 Å². The van der Waals surface area contributed by atoms with E-state index in [0.29, 0.717) is 19.2 Å². The van der Waals surface area contributed by atoms with Gasteiger partial charge >= 0.3 is 6.03 Å². The van der Waals surface area contributed by atoms with Crippen molar-refractivity contribution in [3.63, 3.8) is 0 Å². The Morgan fingerprint density at radius 3 is 2.93 bits per heavy atom. The van der Waals surface area contributed by atoms with Crippen LogP contribution in [0.1, 0.15) is 26.2 Å². The molecule has 4 nitrogen and oxygen atoms in total. The lowest BCUT2D eigenvalue weighted by molar-refractivity contribution is 0.104. The molecule has 2 amide bonds. The molecular weight excluding hydrogens is 192 g/mol. The molecule has 0 aromatic heterocycles. The average molecular weight is 212 g/mol. The van der Waals surface area contributed by atoms with Crippen molar-refractivity contribution in [2.24, 2.45) is 0 Å². The van der Waals surface area contributed by atoms with E-state index >= 15 is 0 Å². The predicted molar refractivity (Wildman–Crippen MR) is 59.8 cm³/mol. The number of hydrogen-bond acceptors (Lipinski definition) is 2. The third-order valence-corrected chi connectivity index (χ3v) is 2.33. The lowest BCUT2D eigenvalue weighted by atomic mass is 10.2. The second-order valence-electron chi connectivity index (χ2n) is 3.99. The number of ether oxygens (including phenoxy) is 1. The molecule has 2 N–H and O–H groups in total. The van der Waals surface area contributed by atoms with E-state index in [1.54, 1.807) is 0 Å². The molecule has 1 fully saturated rings. The van der Waals surface area contributed by atoms with Crippen molar-refractivity contribution in [3.8, 4) is 0 Å². The quantitative estimate of drug-likeness (QED) is 0.677. The SMILES string of the molecule is C=C(C)CNC(=O)NCCC1CCCO1. The van der Waals surface area contributed by atoms with E-state index in [2.05, 4.69) is 17.2 Å². The van der Waals surface area contributed by atoms with E-state index in [1.165, 1.54) is 0 Å². The molecule has 1 unspecified atom stereocenters. The minimum absolute atomic E-state index is 0.129. The summed E-state index contributed by atoms with van der Waals surface area (Å²) in [4.78, 5) is 11.2. The van der Waals surface area contributed by atoms with E-state index in [1.807, 2.05) is 6.92 Å². The van der Waals surface area contributed by atoms with Crippen LogP contribution in [0.15, 0.2) is 12.2 Å². The molecule has 0 spiro atoms. The Balaban J connectivity index is 1.98.